The van der Waals surface area contributed by atoms with Gasteiger partial charge in [-0.2, -0.15) is 0 Å². The predicted octanol–water partition coefficient (Wildman–Crippen LogP) is 3.83. The van der Waals surface area contributed by atoms with Crippen LogP contribution < -0.4 is 10.1 Å². The van der Waals surface area contributed by atoms with Crippen molar-refractivity contribution in [3.8, 4) is 5.75 Å². The van der Waals surface area contributed by atoms with E-state index < -0.39 is 6.10 Å². The van der Waals surface area contributed by atoms with Gasteiger partial charge in [0, 0.05) is 5.69 Å². The molecule has 1 fully saturated rings. The number of rotatable bonds is 4. The largest absolute Gasteiger partial charge is 0.488 e. The molecular formula is C19H23NO4. The van der Waals surface area contributed by atoms with Gasteiger partial charge in [-0.3, -0.25) is 4.79 Å². The van der Waals surface area contributed by atoms with Gasteiger partial charge in [0.2, 0.25) is 0 Å². The summed E-state index contributed by atoms with van der Waals surface area (Å²) in [6.45, 7) is 3.74. The zero-order valence-electron chi connectivity index (χ0n) is 14.0. The third-order valence-electron chi connectivity index (χ3n) is 4.46. The van der Waals surface area contributed by atoms with Crippen LogP contribution in [-0.2, 0) is 0 Å². The summed E-state index contributed by atoms with van der Waals surface area (Å²) in [6.07, 6.45) is 3.25. The Hall–Kier alpha value is -2.27. The highest BCUT2D eigenvalue weighted by Crippen LogP contribution is 2.25. The Morgan fingerprint density at radius 2 is 1.92 bits per heavy atom. The highest BCUT2D eigenvalue weighted by molar-refractivity contribution is 6.02. The van der Waals surface area contributed by atoms with Gasteiger partial charge in [0.15, 0.2) is 5.76 Å². The molecule has 1 aromatic carbocycles. The predicted molar refractivity (Wildman–Crippen MR) is 91.5 cm³/mol. The van der Waals surface area contributed by atoms with E-state index in [1.54, 1.807) is 30.3 Å². The van der Waals surface area contributed by atoms with Gasteiger partial charge in [-0.05, 0) is 69.0 Å². The maximum Gasteiger partial charge on any atom is 0.291 e. The Morgan fingerprint density at radius 1 is 1.21 bits per heavy atom. The quantitative estimate of drug-likeness (QED) is 0.894. The van der Waals surface area contributed by atoms with Gasteiger partial charge in [0.1, 0.15) is 17.6 Å². The molecule has 3 rings (SSSR count). The molecule has 24 heavy (non-hydrogen) atoms. The van der Waals surface area contributed by atoms with Gasteiger partial charge in [-0.1, -0.05) is 6.42 Å². The fourth-order valence-corrected chi connectivity index (χ4v) is 2.88. The standard InChI is InChI=1S/C19H23NO4/c1-12-11-18(23-13(12)2)19(22)20-14-7-9-15(10-8-14)24-17-6-4-3-5-16(17)21/h7-11,16-17,21H,3-6H2,1-2H3,(H,20,22). The fraction of sp³-hybridized carbons (Fsp3) is 0.421. The maximum atomic E-state index is 12.2. The molecular weight excluding hydrogens is 306 g/mol. The minimum atomic E-state index is -0.399. The summed E-state index contributed by atoms with van der Waals surface area (Å²) in [7, 11) is 0. The second-order valence-electron chi connectivity index (χ2n) is 6.34. The Balaban J connectivity index is 1.60. The summed E-state index contributed by atoms with van der Waals surface area (Å²) in [4.78, 5) is 12.2. The Morgan fingerprint density at radius 3 is 2.54 bits per heavy atom. The normalized spacial score (nSPS) is 20.6. The lowest BCUT2D eigenvalue weighted by Gasteiger charge is -2.28. The Bertz CT molecular complexity index is 685. The van der Waals surface area contributed by atoms with Crippen molar-refractivity contribution >= 4 is 11.6 Å². The summed E-state index contributed by atoms with van der Waals surface area (Å²) in [6, 6.07) is 8.90. The average Bonchev–Trinajstić information content (AvgIpc) is 2.91. The van der Waals surface area contributed by atoms with E-state index in [1.165, 1.54) is 0 Å². The summed E-state index contributed by atoms with van der Waals surface area (Å²) in [5.74, 6) is 1.47. The fourth-order valence-electron chi connectivity index (χ4n) is 2.88. The van der Waals surface area contributed by atoms with E-state index in [1.807, 2.05) is 13.8 Å². The Labute approximate surface area is 141 Å². The van der Waals surface area contributed by atoms with Crippen LogP contribution in [0.1, 0.15) is 47.6 Å². The van der Waals surface area contributed by atoms with Crippen molar-refractivity contribution in [3.05, 3.63) is 47.4 Å². The first-order valence-corrected chi connectivity index (χ1v) is 8.36. The highest BCUT2D eigenvalue weighted by Gasteiger charge is 2.24. The molecule has 1 aliphatic rings. The molecule has 2 N–H and O–H groups in total. The topological polar surface area (TPSA) is 71.7 Å². The van der Waals surface area contributed by atoms with E-state index in [0.29, 0.717) is 17.2 Å². The number of anilines is 1. The lowest BCUT2D eigenvalue weighted by molar-refractivity contribution is 0.00688. The number of benzene rings is 1. The smallest absolute Gasteiger partial charge is 0.291 e. The number of aliphatic hydroxyl groups excluding tert-OH is 1. The van der Waals surface area contributed by atoms with Crippen LogP contribution in [0, 0.1) is 13.8 Å². The number of carbonyl (C=O) groups excluding carboxylic acids is 1. The van der Waals surface area contributed by atoms with E-state index in [-0.39, 0.29) is 12.0 Å². The highest BCUT2D eigenvalue weighted by atomic mass is 16.5. The first kappa shape index (κ1) is 16.6. The van der Waals surface area contributed by atoms with E-state index in [9.17, 15) is 9.90 Å². The van der Waals surface area contributed by atoms with Crippen LogP contribution in [0.15, 0.2) is 34.7 Å². The lowest BCUT2D eigenvalue weighted by Crippen LogP contribution is -2.34. The molecule has 0 radical (unpaired) electrons. The molecule has 5 nitrogen and oxygen atoms in total. The first-order valence-electron chi connectivity index (χ1n) is 8.36. The van der Waals surface area contributed by atoms with Gasteiger partial charge in [-0.15, -0.1) is 0 Å². The second kappa shape index (κ2) is 7.09. The van der Waals surface area contributed by atoms with Crippen LogP contribution in [0.5, 0.6) is 5.75 Å². The van der Waals surface area contributed by atoms with Gasteiger partial charge in [0.05, 0.1) is 6.10 Å². The number of furan rings is 1. The molecule has 1 amide bonds. The number of ether oxygens (including phenoxy) is 1. The van der Waals surface area contributed by atoms with Gasteiger partial charge in [0.25, 0.3) is 5.91 Å². The van der Waals surface area contributed by atoms with Crippen molar-refractivity contribution in [3.63, 3.8) is 0 Å². The number of hydrogen-bond donors (Lipinski definition) is 2. The number of amides is 1. The van der Waals surface area contributed by atoms with Crippen molar-refractivity contribution in [1.82, 2.24) is 0 Å². The van der Waals surface area contributed by atoms with Crippen molar-refractivity contribution in [2.45, 2.75) is 51.7 Å². The van der Waals surface area contributed by atoms with Gasteiger partial charge >= 0.3 is 0 Å². The Kier molecular flexibility index (Phi) is 4.90. The molecule has 1 saturated carbocycles. The molecule has 5 heteroatoms. The molecule has 0 bridgehead atoms. The summed E-state index contributed by atoms with van der Waals surface area (Å²) < 4.78 is 11.3. The number of nitrogens with one attached hydrogen (secondary N) is 1. The monoisotopic (exact) mass is 329 g/mol. The molecule has 2 aromatic rings. The summed E-state index contributed by atoms with van der Waals surface area (Å²) >= 11 is 0. The molecule has 2 atom stereocenters. The van der Waals surface area contributed by atoms with Crippen LogP contribution >= 0.6 is 0 Å². The van der Waals surface area contributed by atoms with Crippen molar-refractivity contribution in [2.75, 3.05) is 5.32 Å². The van der Waals surface area contributed by atoms with Crippen LogP contribution in [0.3, 0.4) is 0 Å². The van der Waals surface area contributed by atoms with E-state index in [2.05, 4.69) is 5.32 Å². The minimum Gasteiger partial charge on any atom is -0.488 e. The zero-order chi connectivity index (χ0) is 17.1. The third kappa shape index (κ3) is 3.79. The molecule has 1 heterocycles. The molecule has 2 unspecified atom stereocenters. The van der Waals surface area contributed by atoms with E-state index >= 15 is 0 Å². The average molecular weight is 329 g/mol. The van der Waals surface area contributed by atoms with Crippen LogP contribution in [0.4, 0.5) is 5.69 Å². The van der Waals surface area contributed by atoms with Crippen LogP contribution in [-0.4, -0.2) is 23.2 Å². The lowest BCUT2D eigenvalue weighted by atomic mass is 9.95. The molecule has 1 aromatic heterocycles. The molecule has 0 spiro atoms. The molecule has 0 aliphatic heterocycles. The first-order chi connectivity index (χ1) is 11.5. The van der Waals surface area contributed by atoms with E-state index in [0.717, 1.165) is 37.0 Å². The molecule has 1 aliphatic carbocycles. The summed E-state index contributed by atoms with van der Waals surface area (Å²) in [5, 5.41) is 12.8. The minimum absolute atomic E-state index is 0.145. The van der Waals surface area contributed by atoms with Gasteiger partial charge < -0.3 is 19.6 Å². The van der Waals surface area contributed by atoms with Gasteiger partial charge in [-0.25, -0.2) is 0 Å². The third-order valence-corrected chi connectivity index (χ3v) is 4.46. The SMILES string of the molecule is Cc1cc(C(=O)Nc2ccc(OC3CCCCC3O)cc2)oc1C. The van der Waals surface area contributed by atoms with Crippen molar-refractivity contribution < 1.29 is 19.1 Å². The number of aliphatic hydroxyl groups is 1. The molecule has 0 saturated heterocycles. The van der Waals surface area contributed by atoms with Crippen molar-refractivity contribution in [2.24, 2.45) is 0 Å². The number of hydrogen-bond acceptors (Lipinski definition) is 4. The van der Waals surface area contributed by atoms with Crippen LogP contribution in [0.25, 0.3) is 0 Å². The van der Waals surface area contributed by atoms with Crippen molar-refractivity contribution in [1.29, 1.82) is 0 Å². The summed E-state index contributed by atoms with van der Waals surface area (Å²) in [5.41, 5.74) is 1.62. The number of carbonyl (C=O) groups is 1. The zero-order valence-corrected chi connectivity index (χ0v) is 14.0. The molecule has 128 valence electrons. The van der Waals surface area contributed by atoms with E-state index in [4.69, 9.17) is 9.15 Å². The van der Waals surface area contributed by atoms with Crippen LogP contribution in [0.2, 0.25) is 0 Å². The second-order valence-corrected chi connectivity index (χ2v) is 6.34. The number of aryl methyl sites for hydroxylation is 2. The maximum absolute atomic E-state index is 12.2.